The molecule has 0 amide bonds. The van der Waals surface area contributed by atoms with Crippen LogP contribution in [0.3, 0.4) is 0 Å². The first-order chi connectivity index (χ1) is 17.4. The summed E-state index contributed by atoms with van der Waals surface area (Å²) in [6, 6.07) is 5.56. The summed E-state index contributed by atoms with van der Waals surface area (Å²) in [5.41, 5.74) is 1.19. The van der Waals surface area contributed by atoms with Gasteiger partial charge in [0.2, 0.25) is 4.96 Å². The number of ether oxygens (including phenoxy) is 3. The molecule has 1 aromatic carbocycles. The van der Waals surface area contributed by atoms with Gasteiger partial charge in [-0.2, -0.15) is 0 Å². The standard InChI is InChI=1S/C24H25N5O5S2/c1-28-6-4-24(30,5-7-28)21-25-14(13-35-21)12-33-18-8-15(31-2)9-19-16(18)10-20(34-19)17-11-29-22(26-17)36-23(27-29)32-3/h8-11,13,30H,4-7,12H2,1-3H3. The van der Waals surface area contributed by atoms with E-state index in [1.165, 1.54) is 22.7 Å². The van der Waals surface area contributed by atoms with Crippen molar-refractivity contribution >= 4 is 38.6 Å². The Labute approximate surface area is 214 Å². The van der Waals surface area contributed by atoms with E-state index in [4.69, 9.17) is 23.6 Å². The predicted molar refractivity (Wildman–Crippen MR) is 136 cm³/mol. The quantitative estimate of drug-likeness (QED) is 0.334. The van der Waals surface area contributed by atoms with Gasteiger partial charge < -0.3 is 28.6 Å². The summed E-state index contributed by atoms with van der Waals surface area (Å²) in [7, 11) is 5.25. The lowest BCUT2D eigenvalue weighted by Gasteiger charge is -2.34. The van der Waals surface area contributed by atoms with Gasteiger partial charge in [0.1, 0.15) is 40.0 Å². The summed E-state index contributed by atoms with van der Waals surface area (Å²) >= 11 is 2.83. The van der Waals surface area contributed by atoms with E-state index in [0.717, 1.165) is 29.2 Å². The minimum absolute atomic E-state index is 0.263. The molecule has 36 heavy (non-hydrogen) atoms. The van der Waals surface area contributed by atoms with E-state index in [1.807, 2.05) is 23.6 Å². The van der Waals surface area contributed by atoms with E-state index in [2.05, 4.69) is 22.0 Å². The fourth-order valence-corrected chi connectivity index (χ4v) is 5.93. The highest BCUT2D eigenvalue weighted by atomic mass is 32.1. The monoisotopic (exact) mass is 527 g/mol. The molecular weight excluding hydrogens is 502 g/mol. The number of rotatable bonds is 7. The molecule has 4 aromatic heterocycles. The molecule has 0 saturated carbocycles. The number of imidazole rings is 1. The highest BCUT2D eigenvalue weighted by Gasteiger charge is 2.35. The zero-order valence-electron chi connectivity index (χ0n) is 20.1. The summed E-state index contributed by atoms with van der Waals surface area (Å²) in [4.78, 5) is 12.2. The number of piperidine rings is 1. The average molecular weight is 528 g/mol. The van der Waals surface area contributed by atoms with Crippen molar-refractivity contribution in [2.24, 2.45) is 0 Å². The Bertz CT molecular complexity index is 1500. The Morgan fingerprint density at radius 2 is 1.97 bits per heavy atom. The van der Waals surface area contributed by atoms with Crippen molar-refractivity contribution in [3.8, 4) is 28.1 Å². The van der Waals surface area contributed by atoms with E-state index in [-0.39, 0.29) is 6.61 Å². The number of aliphatic hydroxyl groups is 1. The number of hydrogen-bond donors (Lipinski definition) is 1. The first-order valence-electron chi connectivity index (χ1n) is 11.4. The van der Waals surface area contributed by atoms with Crippen LogP contribution >= 0.6 is 22.7 Å². The second-order valence-electron chi connectivity index (χ2n) is 8.84. The predicted octanol–water partition coefficient (Wildman–Crippen LogP) is 4.17. The molecule has 0 bridgehead atoms. The molecule has 6 rings (SSSR count). The number of thiazole rings is 1. The van der Waals surface area contributed by atoms with Crippen LogP contribution in [0.15, 0.2) is 34.2 Å². The highest BCUT2D eigenvalue weighted by Crippen LogP contribution is 2.38. The van der Waals surface area contributed by atoms with Gasteiger partial charge in [-0.05, 0) is 37.3 Å². The van der Waals surface area contributed by atoms with Crippen molar-refractivity contribution in [1.82, 2.24) is 24.5 Å². The molecule has 1 N–H and O–H groups in total. The minimum Gasteiger partial charge on any atom is -0.496 e. The fraction of sp³-hybridized carbons (Fsp3) is 0.375. The highest BCUT2D eigenvalue weighted by molar-refractivity contribution is 7.18. The van der Waals surface area contributed by atoms with E-state index in [0.29, 0.717) is 51.5 Å². The third-order valence-corrected chi connectivity index (χ3v) is 8.37. The molecule has 10 nitrogen and oxygen atoms in total. The lowest BCUT2D eigenvalue weighted by molar-refractivity contribution is -0.0206. The molecule has 1 aliphatic rings. The van der Waals surface area contributed by atoms with Gasteiger partial charge in [-0.25, -0.2) is 14.5 Å². The zero-order valence-corrected chi connectivity index (χ0v) is 21.7. The van der Waals surface area contributed by atoms with Crippen LogP contribution in [0.25, 0.3) is 27.4 Å². The van der Waals surface area contributed by atoms with Gasteiger partial charge in [-0.1, -0.05) is 0 Å². The van der Waals surface area contributed by atoms with Crippen LogP contribution in [-0.4, -0.2) is 63.9 Å². The van der Waals surface area contributed by atoms with Crippen molar-refractivity contribution in [2.45, 2.75) is 25.0 Å². The first kappa shape index (κ1) is 23.2. The van der Waals surface area contributed by atoms with Crippen LogP contribution in [0.2, 0.25) is 0 Å². The molecule has 0 radical (unpaired) electrons. The molecule has 0 aliphatic carbocycles. The Morgan fingerprint density at radius 1 is 1.14 bits per heavy atom. The summed E-state index contributed by atoms with van der Waals surface area (Å²) in [5, 5.41) is 19.4. The number of benzene rings is 1. The first-order valence-corrected chi connectivity index (χ1v) is 13.1. The van der Waals surface area contributed by atoms with Crippen molar-refractivity contribution in [3.05, 3.63) is 40.5 Å². The Morgan fingerprint density at radius 3 is 2.72 bits per heavy atom. The van der Waals surface area contributed by atoms with Crippen LogP contribution in [0, 0.1) is 0 Å². The molecule has 0 spiro atoms. The third-order valence-electron chi connectivity index (χ3n) is 6.40. The van der Waals surface area contributed by atoms with Crippen molar-refractivity contribution < 1.29 is 23.7 Å². The Balaban J connectivity index is 1.26. The van der Waals surface area contributed by atoms with Crippen LogP contribution in [0.5, 0.6) is 16.7 Å². The van der Waals surface area contributed by atoms with Gasteiger partial charge in [0.25, 0.3) is 5.19 Å². The average Bonchev–Trinajstić information content (AvgIpc) is 3.66. The maximum Gasteiger partial charge on any atom is 0.294 e. The number of fused-ring (bicyclic) bond motifs is 2. The summed E-state index contributed by atoms with van der Waals surface area (Å²) in [6.45, 7) is 1.97. The van der Waals surface area contributed by atoms with Gasteiger partial charge in [0.15, 0.2) is 5.76 Å². The van der Waals surface area contributed by atoms with Crippen LogP contribution in [0.4, 0.5) is 0 Å². The lowest BCUT2D eigenvalue weighted by Crippen LogP contribution is -2.40. The van der Waals surface area contributed by atoms with Gasteiger partial charge in [0.05, 0.1) is 31.5 Å². The Hall–Kier alpha value is -3.19. The summed E-state index contributed by atoms with van der Waals surface area (Å²) in [6.07, 6.45) is 3.16. The second kappa shape index (κ2) is 9.04. The van der Waals surface area contributed by atoms with E-state index in [1.54, 1.807) is 24.9 Å². The van der Waals surface area contributed by atoms with Gasteiger partial charge >= 0.3 is 0 Å². The normalized spacial score (nSPS) is 16.1. The topological polar surface area (TPSA) is 107 Å². The second-order valence-corrected chi connectivity index (χ2v) is 10.6. The minimum atomic E-state index is -0.866. The molecule has 188 valence electrons. The fourth-order valence-electron chi connectivity index (χ4n) is 4.27. The molecule has 0 atom stereocenters. The summed E-state index contributed by atoms with van der Waals surface area (Å²) in [5.74, 6) is 1.84. The molecular formula is C24H25N5O5S2. The van der Waals surface area contributed by atoms with E-state index in [9.17, 15) is 5.11 Å². The van der Waals surface area contributed by atoms with Gasteiger partial charge in [-0.15, -0.1) is 16.4 Å². The molecule has 1 saturated heterocycles. The zero-order chi connectivity index (χ0) is 24.9. The number of hydrogen-bond acceptors (Lipinski definition) is 11. The van der Waals surface area contributed by atoms with Gasteiger partial charge in [-0.3, -0.25) is 0 Å². The molecule has 5 heterocycles. The van der Waals surface area contributed by atoms with Crippen molar-refractivity contribution in [2.75, 3.05) is 34.4 Å². The third kappa shape index (κ3) is 4.19. The molecule has 12 heteroatoms. The largest absolute Gasteiger partial charge is 0.496 e. The van der Waals surface area contributed by atoms with E-state index >= 15 is 0 Å². The molecule has 1 aliphatic heterocycles. The van der Waals surface area contributed by atoms with Crippen molar-refractivity contribution in [1.29, 1.82) is 0 Å². The molecule has 5 aromatic rings. The maximum atomic E-state index is 11.1. The Kier molecular flexibility index (Phi) is 5.83. The van der Waals surface area contributed by atoms with Crippen LogP contribution in [0.1, 0.15) is 23.5 Å². The molecule has 0 unspecified atom stereocenters. The maximum absolute atomic E-state index is 11.1. The number of nitrogens with zero attached hydrogens (tertiary/aromatic N) is 5. The smallest absolute Gasteiger partial charge is 0.294 e. The van der Waals surface area contributed by atoms with Gasteiger partial charge in [0, 0.05) is 30.6 Å². The lowest BCUT2D eigenvalue weighted by atomic mass is 9.92. The number of furan rings is 1. The molecule has 1 fully saturated rings. The summed E-state index contributed by atoms with van der Waals surface area (Å²) < 4.78 is 24.6. The van der Waals surface area contributed by atoms with E-state index < -0.39 is 5.60 Å². The number of likely N-dealkylation sites (tertiary alicyclic amines) is 1. The number of aromatic nitrogens is 4. The van der Waals surface area contributed by atoms with Crippen LogP contribution in [-0.2, 0) is 12.2 Å². The number of methoxy groups -OCH3 is 2. The van der Waals surface area contributed by atoms with Crippen LogP contribution < -0.4 is 14.2 Å². The van der Waals surface area contributed by atoms with Crippen molar-refractivity contribution in [3.63, 3.8) is 0 Å². The SMILES string of the molecule is COc1cc(OCc2csc(C3(O)CCN(C)CC3)n2)c2cc(-c3cn4nc(OC)sc4n3)oc2c1.